The highest BCUT2D eigenvalue weighted by Gasteiger charge is 2.50. The number of benzene rings is 2. The van der Waals surface area contributed by atoms with Crippen molar-refractivity contribution in [3.63, 3.8) is 0 Å². The SMILES string of the molecule is O=C1Cc2ccccc2C(c2ccccc2)=NC1Nc1nnc(C2(F)CC2)o1. The molecular weight excluding hydrogens is 359 g/mol. The van der Waals surface area contributed by atoms with Gasteiger partial charge < -0.3 is 9.73 Å². The van der Waals surface area contributed by atoms with Gasteiger partial charge in [0, 0.05) is 17.5 Å². The third-order valence-corrected chi connectivity index (χ3v) is 5.01. The predicted octanol–water partition coefficient (Wildman–Crippen LogP) is 3.43. The van der Waals surface area contributed by atoms with E-state index in [-0.39, 0.29) is 24.1 Å². The first-order valence-electron chi connectivity index (χ1n) is 9.16. The average molecular weight is 376 g/mol. The van der Waals surface area contributed by atoms with Crippen molar-refractivity contribution in [1.82, 2.24) is 10.2 Å². The lowest BCUT2D eigenvalue weighted by Gasteiger charge is -2.11. The predicted molar refractivity (Wildman–Crippen MR) is 101 cm³/mol. The van der Waals surface area contributed by atoms with Crippen LogP contribution >= 0.6 is 0 Å². The highest BCUT2D eigenvalue weighted by atomic mass is 19.1. The lowest BCUT2D eigenvalue weighted by molar-refractivity contribution is -0.119. The molecule has 0 bridgehead atoms. The van der Waals surface area contributed by atoms with Gasteiger partial charge in [-0.1, -0.05) is 59.7 Å². The van der Waals surface area contributed by atoms with Crippen LogP contribution in [0.1, 0.15) is 35.4 Å². The second-order valence-corrected chi connectivity index (χ2v) is 7.07. The van der Waals surface area contributed by atoms with Crippen LogP contribution < -0.4 is 5.32 Å². The molecule has 1 N–H and O–H groups in total. The van der Waals surface area contributed by atoms with Crippen molar-refractivity contribution in [1.29, 1.82) is 0 Å². The summed E-state index contributed by atoms with van der Waals surface area (Å²) >= 11 is 0. The second kappa shape index (κ2) is 6.37. The molecule has 2 heterocycles. The summed E-state index contributed by atoms with van der Waals surface area (Å²) in [6.07, 6.45) is 0.0816. The molecule has 1 aromatic heterocycles. The number of anilines is 1. The molecule has 2 aliphatic rings. The van der Waals surface area contributed by atoms with Crippen molar-refractivity contribution in [3.05, 3.63) is 77.2 Å². The molecule has 7 heteroatoms. The summed E-state index contributed by atoms with van der Waals surface area (Å²) in [6, 6.07) is 17.4. The third kappa shape index (κ3) is 2.98. The van der Waals surface area contributed by atoms with Crippen LogP contribution in [0.2, 0.25) is 0 Å². The highest BCUT2D eigenvalue weighted by Crippen LogP contribution is 2.49. The van der Waals surface area contributed by atoms with Crippen molar-refractivity contribution < 1.29 is 13.6 Å². The molecule has 140 valence electrons. The number of halogens is 1. The fourth-order valence-corrected chi connectivity index (χ4v) is 3.30. The van der Waals surface area contributed by atoms with Crippen LogP contribution in [0.5, 0.6) is 0 Å². The lowest BCUT2D eigenvalue weighted by Crippen LogP contribution is -2.29. The number of hydrogen-bond donors (Lipinski definition) is 1. The summed E-state index contributed by atoms with van der Waals surface area (Å²) in [7, 11) is 0. The molecule has 1 unspecified atom stereocenters. The molecule has 3 aromatic rings. The van der Waals surface area contributed by atoms with E-state index in [0.29, 0.717) is 18.6 Å². The van der Waals surface area contributed by atoms with Gasteiger partial charge in [-0.2, -0.15) is 0 Å². The molecule has 1 aliphatic carbocycles. The van der Waals surface area contributed by atoms with E-state index >= 15 is 0 Å². The summed E-state index contributed by atoms with van der Waals surface area (Å²) in [5.74, 6) is -0.175. The number of nitrogens with zero attached hydrogens (tertiary/aromatic N) is 3. The first-order valence-corrected chi connectivity index (χ1v) is 9.16. The minimum Gasteiger partial charge on any atom is -0.405 e. The molecule has 2 aromatic carbocycles. The lowest BCUT2D eigenvalue weighted by atomic mass is 9.96. The molecule has 6 nitrogen and oxygen atoms in total. The van der Waals surface area contributed by atoms with E-state index in [0.717, 1.165) is 16.7 Å². The highest BCUT2D eigenvalue weighted by molar-refractivity contribution is 6.16. The van der Waals surface area contributed by atoms with E-state index in [9.17, 15) is 9.18 Å². The molecule has 1 saturated carbocycles. The van der Waals surface area contributed by atoms with Crippen LogP contribution in [0.25, 0.3) is 0 Å². The number of hydrogen-bond acceptors (Lipinski definition) is 6. The van der Waals surface area contributed by atoms with Crippen molar-refractivity contribution >= 4 is 17.5 Å². The monoisotopic (exact) mass is 376 g/mol. The molecule has 1 fully saturated rings. The first-order chi connectivity index (χ1) is 13.6. The van der Waals surface area contributed by atoms with Gasteiger partial charge in [-0.15, -0.1) is 5.10 Å². The van der Waals surface area contributed by atoms with Crippen LogP contribution in [-0.4, -0.2) is 27.9 Å². The first kappa shape index (κ1) is 16.8. The van der Waals surface area contributed by atoms with Crippen LogP contribution in [-0.2, 0) is 16.9 Å². The minimum absolute atomic E-state index is 0.000562. The Morgan fingerprint density at radius 2 is 1.79 bits per heavy atom. The zero-order valence-corrected chi connectivity index (χ0v) is 14.9. The summed E-state index contributed by atoms with van der Waals surface area (Å²) in [6.45, 7) is 0. The van der Waals surface area contributed by atoms with Crippen LogP contribution in [0.3, 0.4) is 0 Å². The number of aliphatic imine (C=N–C) groups is 1. The van der Waals surface area contributed by atoms with Gasteiger partial charge in [0.1, 0.15) is 0 Å². The second-order valence-electron chi connectivity index (χ2n) is 7.07. The Balaban J connectivity index is 1.53. The van der Waals surface area contributed by atoms with Crippen LogP contribution in [0, 0.1) is 0 Å². The molecule has 0 amide bonds. The Labute approximate surface area is 160 Å². The number of ketones is 1. The van der Waals surface area contributed by atoms with E-state index in [1.807, 2.05) is 54.6 Å². The Morgan fingerprint density at radius 1 is 1.04 bits per heavy atom. The van der Waals surface area contributed by atoms with Gasteiger partial charge in [-0.25, -0.2) is 4.39 Å². The summed E-state index contributed by atoms with van der Waals surface area (Å²) in [5.41, 5.74) is 1.92. The van der Waals surface area contributed by atoms with E-state index in [1.165, 1.54) is 0 Å². The van der Waals surface area contributed by atoms with Gasteiger partial charge >= 0.3 is 6.01 Å². The standard InChI is InChI=1S/C21H17FN4O2/c22-21(10-11-21)19-25-26-20(28-19)24-18-16(27)12-14-8-4-5-9-15(14)17(23-18)13-6-2-1-3-7-13/h1-9,18H,10-12H2,(H,24,26). The molecule has 1 aliphatic heterocycles. The number of alkyl halides is 1. The quantitative estimate of drug-likeness (QED) is 0.755. The molecular formula is C21H17FN4O2. The molecule has 1 atom stereocenters. The fourth-order valence-electron chi connectivity index (χ4n) is 3.30. The van der Waals surface area contributed by atoms with Crippen LogP contribution in [0.4, 0.5) is 10.4 Å². The average Bonchev–Trinajstić information content (AvgIpc) is 3.32. The summed E-state index contributed by atoms with van der Waals surface area (Å²) in [5, 5.41) is 10.5. The van der Waals surface area contributed by atoms with E-state index in [2.05, 4.69) is 20.5 Å². The number of rotatable bonds is 4. The zero-order valence-electron chi connectivity index (χ0n) is 14.9. The van der Waals surface area contributed by atoms with Gasteiger partial charge in [0.05, 0.1) is 5.71 Å². The summed E-state index contributed by atoms with van der Waals surface area (Å²) < 4.78 is 19.5. The van der Waals surface area contributed by atoms with Gasteiger partial charge in [0.15, 0.2) is 17.6 Å². The number of fused-ring (bicyclic) bond motifs is 1. The van der Waals surface area contributed by atoms with Crippen molar-refractivity contribution in [2.45, 2.75) is 31.1 Å². The van der Waals surface area contributed by atoms with Gasteiger partial charge in [0.2, 0.25) is 0 Å². The van der Waals surface area contributed by atoms with Gasteiger partial charge in [-0.05, 0) is 18.4 Å². The third-order valence-electron chi connectivity index (χ3n) is 5.01. The number of Topliss-reactive ketones (excluding diaryl/α,β-unsaturated/α-hetero) is 1. The number of nitrogens with one attached hydrogen (secondary N) is 1. The normalized spacial score (nSPS) is 20.1. The zero-order chi connectivity index (χ0) is 19.1. The Hall–Kier alpha value is -3.35. The fraction of sp³-hybridized carbons (Fsp3) is 0.238. The molecule has 28 heavy (non-hydrogen) atoms. The van der Waals surface area contributed by atoms with E-state index < -0.39 is 11.8 Å². The Morgan fingerprint density at radius 3 is 2.57 bits per heavy atom. The van der Waals surface area contributed by atoms with E-state index in [4.69, 9.17) is 4.42 Å². The Kier molecular flexibility index (Phi) is 3.82. The number of aromatic nitrogens is 2. The minimum atomic E-state index is -1.52. The van der Waals surface area contributed by atoms with Gasteiger partial charge in [-0.3, -0.25) is 9.79 Å². The molecule has 0 radical (unpaired) electrons. The number of carbonyl (C=O) groups excluding carboxylic acids is 1. The Bertz CT molecular complexity index is 1070. The molecule has 0 saturated heterocycles. The topological polar surface area (TPSA) is 80.4 Å². The maximum absolute atomic E-state index is 14.1. The van der Waals surface area contributed by atoms with Crippen LogP contribution in [0.15, 0.2) is 64.0 Å². The summed E-state index contributed by atoms with van der Waals surface area (Å²) in [4.78, 5) is 17.5. The van der Waals surface area contributed by atoms with Crippen molar-refractivity contribution in [2.75, 3.05) is 5.32 Å². The molecule has 5 rings (SSSR count). The van der Waals surface area contributed by atoms with E-state index in [1.54, 1.807) is 0 Å². The molecule has 0 spiro atoms. The van der Waals surface area contributed by atoms with Gasteiger partial charge in [0.25, 0.3) is 5.89 Å². The maximum atomic E-state index is 14.1. The largest absolute Gasteiger partial charge is 0.405 e. The van der Waals surface area contributed by atoms with Crippen molar-refractivity contribution in [2.24, 2.45) is 4.99 Å². The number of carbonyl (C=O) groups is 1. The van der Waals surface area contributed by atoms with Crippen molar-refractivity contribution in [3.8, 4) is 0 Å². The smallest absolute Gasteiger partial charge is 0.317 e. The maximum Gasteiger partial charge on any atom is 0.317 e.